The second-order valence-electron chi connectivity index (χ2n) is 8.17. The van der Waals surface area contributed by atoms with Crippen LogP contribution in [-0.4, -0.2) is 37.1 Å². The van der Waals surface area contributed by atoms with Crippen LogP contribution in [0, 0.1) is 19.7 Å². The number of Topliss-reactive ketones (excluding diaryl/α,β-unsaturated/α-hetero) is 1. The van der Waals surface area contributed by atoms with Crippen LogP contribution in [-0.2, 0) is 10.5 Å². The van der Waals surface area contributed by atoms with Crippen molar-refractivity contribution in [3.8, 4) is 5.75 Å². The van der Waals surface area contributed by atoms with Gasteiger partial charge in [-0.15, -0.1) is 21.5 Å². The van der Waals surface area contributed by atoms with E-state index >= 15 is 0 Å². The summed E-state index contributed by atoms with van der Waals surface area (Å²) in [4.78, 5) is 32.8. The molecule has 0 radical (unpaired) electrons. The van der Waals surface area contributed by atoms with Gasteiger partial charge in [0.25, 0.3) is 5.91 Å². The van der Waals surface area contributed by atoms with E-state index in [2.05, 4.69) is 15.2 Å². The van der Waals surface area contributed by atoms with Gasteiger partial charge in [0.2, 0.25) is 10.9 Å². The predicted molar refractivity (Wildman–Crippen MR) is 140 cm³/mol. The largest absolute Gasteiger partial charge is 0.508 e. The fourth-order valence-corrected chi connectivity index (χ4v) is 6.65. The van der Waals surface area contributed by atoms with E-state index in [-0.39, 0.29) is 22.3 Å². The Balaban J connectivity index is 1.50. The van der Waals surface area contributed by atoms with Crippen molar-refractivity contribution in [1.82, 2.24) is 15.2 Å². The lowest BCUT2D eigenvalue weighted by Gasteiger charge is -2.24. The zero-order chi connectivity index (χ0) is 26.3. The Labute approximate surface area is 223 Å². The summed E-state index contributed by atoms with van der Waals surface area (Å²) in [7, 11) is 0. The number of amides is 1. The number of rotatable bonds is 7. The number of phenols is 1. The van der Waals surface area contributed by atoms with E-state index in [0.717, 1.165) is 16.9 Å². The summed E-state index contributed by atoms with van der Waals surface area (Å²) < 4.78 is 13.7. The number of aromatic hydroxyl groups is 1. The maximum Gasteiger partial charge on any atom is 0.296 e. The molecular formula is C25H19FN4O4S3. The molecule has 0 saturated carbocycles. The normalized spacial score (nSPS) is 15.6. The summed E-state index contributed by atoms with van der Waals surface area (Å²) in [6, 6.07) is 11.2. The summed E-state index contributed by atoms with van der Waals surface area (Å²) in [6.07, 6.45) is 0. The molecule has 5 rings (SSSR count). The molecule has 0 saturated heterocycles. The predicted octanol–water partition coefficient (Wildman–Crippen LogP) is 5.53. The summed E-state index contributed by atoms with van der Waals surface area (Å²) in [5.41, 5.74) is 1.83. The van der Waals surface area contributed by atoms with Crippen molar-refractivity contribution in [2.24, 2.45) is 0 Å². The number of carbonyl (C=O) groups is 2. The van der Waals surface area contributed by atoms with Crippen LogP contribution in [0.25, 0.3) is 0 Å². The number of thioether (sulfide) groups is 1. The SMILES string of the molecule is Cc1nc(C)c(C(=O)C2=C(O)C(=O)N(c3nnc(SCc4ccc(F)cc4)s3)C2c2ccc(O)cc2)s1. The molecule has 2 N–H and O–H groups in total. The molecule has 0 fully saturated rings. The molecule has 1 unspecified atom stereocenters. The molecule has 1 aliphatic heterocycles. The minimum absolute atomic E-state index is 0.0185. The lowest BCUT2D eigenvalue weighted by Crippen LogP contribution is -2.31. The molecule has 0 aliphatic carbocycles. The minimum atomic E-state index is -0.981. The van der Waals surface area contributed by atoms with Crippen molar-refractivity contribution >= 4 is 51.3 Å². The monoisotopic (exact) mass is 554 g/mol. The highest BCUT2D eigenvalue weighted by molar-refractivity contribution is 8.00. The Morgan fingerprint density at radius 3 is 2.41 bits per heavy atom. The molecule has 8 nitrogen and oxygen atoms in total. The van der Waals surface area contributed by atoms with Gasteiger partial charge in [0.15, 0.2) is 10.1 Å². The third kappa shape index (κ3) is 4.87. The number of anilines is 1. The number of phenolic OH excluding ortho intramolecular Hbond substituents is 1. The Kier molecular flexibility index (Phi) is 6.80. The smallest absolute Gasteiger partial charge is 0.296 e. The topological polar surface area (TPSA) is 117 Å². The van der Waals surface area contributed by atoms with Gasteiger partial charge in [-0.3, -0.25) is 14.5 Å². The molecule has 4 aromatic rings. The summed E-state index contributed by atoms with van der Waals surface area (Å²) in [5, 5.41) is 29.9. The summed E-state index contributed by atoms with van der Waals surface area (Å²) >= 11 is 3.70. The van der Waals surface area contributed by atoms with E-state index in [9.17, 15) is 24.2 Å². The number of ketones is 1. The van der Waals surface area contributed by atoms with Crippen LogP contribution in [0.5, 0.6) is 5.75 Å². The molecular weight excluding hydrogens is 535 g/mol. The highest BCUT2D eigenvalue weighted by atomic mass is 32.2. The van der Waals surface area contributed by atoms with Crippen molar-refractivity contribution in [3.63, 3.8) is 0 Å². The molecule has 12 heteroatoms. The van der Waals surface area contributed by atoms with Crippen LogP contribution >= 0.6 is 34.4 Å². The third-order valence-corrected chi connectivity index (χ3v) is 8.85. The van der Waals surface area contributed by atoms with Gasteiger partial charge in [-0.1, -0.05) is 47.4 Å². The van der Waals surface area contributed by atoms with Gasteiger partial charge in [0, 0.05) is 5.75 Å². The number of halogens is 1. The third-order valence-electron chi connectivity index (χ3n) is 5.65. The van der Waals surface area contributed by atoms with Gasteiger partial charge in [-0.05, 0) is 49.2 Å². The Hall–Kier alpha value is -3.61. The average molecular weight is 555 g/mol. The van der Waals surface area contributed by atoms with Crippen LogP contribution < -0.4 is 4.90 Å². The number of hydrogen-bond acceptors (Lipinski definition) is 10. The number of aryl methyl sites for hydroxylation is 2. The molecule has 0 spiro atoms. The lowest BCUT2D eigenvalue weighted by molar-refractivity contribution is -0.117. The fourth-order valence-electron chi connectivity index (χ4n) is 3.95. The molecule has 2 aromatic heterocycles. The van der Waals surface area contributed by atoms with E-state index in [1.54, 1.807) is 38.1 Å². The molecule has 37 heavy (non-hydrogen) atoms. The fraction of sp³-hybridized carbons (Fsp3) is 0.160. The Morgan fingerprint density at radius 1 is 1.05 bits per heavy atom. The first kappa shape index (κ1) is 25.1. The van der Waals surface area contributed by atoms with E-state index in [1.165, 1.54) is 52.3 Å². The van der Waals surface area contributed by atoms with Crippen LogP contribution in [0.15, 0.2) is 64.2 Å². The molecule has 2 aromatic carbocycles. The number of benzene rings is 2. The summed E-state index contributed by atoms with van der Waals surface area (Å²) in [6.45, 7) is 3.48. The molecule has 1 aliphatic rings. The first-order chi connectivity index (χ1) is 17.7. The van der Waals surface area contributed by atoms with Crippen molar-refractivity contribution < 1.29 is 24.2 Å². The van der Waals surface area contributed by atoms with Gasteiger partial charge in [-0.25, -0.2) is 9.37 Å². The van der Waals surface area contributed by atoms with Crippen LogP contribution in [0.3, 0.4) is 0 Å². The first-order valence-corrected chi connectivity index (χ1v) is 13.6. The molecule has 0 bridgehead atoms. The number of aliphatic hydroxyl groups is 1. The van der Waals surface area contributed by atoms with Gasteiger partial charge in [0.05, 0.1) is 27.2 Å². The van der Waals surface area contributed by atoms with Crippen molar-refractivity contribution in [2.75, 3.05) is 4.90 Å². The number of aromatic nitrogens is 3. The zero-order valence-corrected chi connectivity index (χ0v) is 22.0. The van der Waals surface area contributed by atoms with E-state index in [1.807, 2.05) is 0 Å². The molecule has 1 atom stereocenters. The van der Waals surface area contributed by atoms with Gasteiger partial charge < -0.3 is 10.2 Å². The number of hydrogen-bond donors (Lipinski definition) is 2. The van der Waals surface area contributed by atoms with Crippen molar-refractivity contribution in [2.45, 2.75) is 30.0 Å². The Bertz CT molecular complexity index is 1530. The van der Waals surface area contributed by atoms with Crippen LogP contribution in [0.4, 0.5) is 9.52 Å². The van der Waals surface area contributed by atoms with Crippen molar-refractivity contribution in [3.05, 3.63) is 92.4 Å². The number of carbonyl (C=O) groups excluding carboxylic acids is 2. The van der Waals surface area contributed by atoms with Crippen LogP contribution in [0.1, 0.15) is 37.5 Å². The maximum atomic E-state index is 13.6. The highest BCUT2D eigenvalue weighted by Crippen LogP contribution is 2.44. The van der Waals surface area contributed by atoms with E-state index < -0.39 is 23.5 Å². The van der Waals surface area contributed by atoms with Gasteiger partial charge in [-0.2, -0.15) is 0 Å². The Morgan fingerprint density at radius 2 is 1.76 bits per heavy atom. The molecule has 3 heterocycles. The summed E-state index contributed by atoms with van der Waals surface area (Å²) in [5.74, 6) is -1.71. The number of aliphatic hydroxyl groups excluding tert-OH is 1. The molecule has 1 amide bonds. The number of nitrogens with zero attached hydrogens (tertiary/aromatic N) is 4. The maximum absolute atomic E-state index is 13.6. The van der Waals surface area contributed by atoms with E-state index in [4.69, 9.17) is 0 Å². The standard InChI is InChI=1S/C25H19FN4O4S3/c1-12-22(36-13(2)27-12)20(32)18-19(15-5-9-17(31)10-6-15)30(23(34)21(18)33)24-28-29-25(37-24)35-11-14-3-7-16(26)8-4-14/h3-10,19,31,33H,11H2,1-2H3. The van der Waals surface area contributed by atoms with Gasteiger partial charge >= 0.3 is 0 Å². The van der Waals surface area contributed by atoms with Crippen molar-refractivity contribution in [1.29, 1.82) is 0 Å². The van der Waals surface area contributed by atoms with Gasteiger partial charge in [0.1, 0.15) is 11.6 Å². The number of thiazole rings is 1. The second-order valence-corrected chi connectivity index (χ2v) is 11.6. The minimum Gasteiger partial charge on any atom is -0.508 e. The average Bonchev–Trinajstić information content (AvgIpc) is 3.55. The van der Waals surface area contributed by atoms with E-state index in [0.29, 0.717) is 31.2 Å². The lowest BCUT2D eigenvalue weighted by atomic mass is 9.95. The quantitative estimate of drug-likeness (QED) is 0.174. The highest BCUT2D eigenvalue weighted by Gasteiger charge is 2.46. The molecule has 188 valence electrons. The second kappa shape index (κ2) is 10.0. The first-order valence-electron chi connectivity index (χ1n) is 11.0. The van der Waals surface area contributed by atoms with Crippen LogP contribution in [0.2, 0.25) is 0 Å². The zero-order valence-electron chi connectivity index (χ0n) is 19.5.